The second-order valence-electron chi connectivity index (χ2n) is 4.93. The molecule has 104 valence electrons. The molecule has 20 heavy (non-hydrogen) atoms. The van der Waals surface area contributed by atoms with E-state index in [9.17, 15) is 0 Å². The lowest BCUT2D eigenvalue weighted by Gasteiger charge is -2.12. The summed E-state index contributed by atoms with van der Waals surface area (Å²) in [6, 6.07) is 7.93. The summed E-state index contributed by atoms with van der Waals surface area (Å²) in [6.07, 6.45) is 6.61. The molecule has 1 fully saturated rings. The minimum atomic E-state index is 0.468. The molecule has 3 rings (SSSR count). The van der Waals surface area contributed by atoms with Gasteiger partial charge in [-0.15, -0.1) is 5.10 Å². The summed E-state index contributed by atoms with van der Waals surface area (Å²) in [6.45, 7) is 0. The fourth-order valence-electron chi connectivity index (χ4n) is 2.40. The summed E-state index contributed by atoms with van der Waals surface area (Å²) in [5, 5.41) is 15.1. The van der Waals surface area contributed by atoms with Crippen molar-refractivity contribution in [3.8, 4) is 0 Å². The van der Waals surface area contributed by atoms with Gasteiger partial charge in [0.1, 0.15) is 0 Å². The molecular formula is C14H16ClN5. The van der Waals surface area contributed by atoms with Gasteiger partial charge < -0.3 is 10.6 Å². The van der Waals surface area contributed by atoms with Crippen molar-refractivity contribution in [2.75, 3.05) is 10.6 Å². The number of halogens is 1. The lowest BCUT2D eigenvalue weighted by atomic mass is 10.2. The highest BCUT2D eigenvalue weighted by Gasteiger charge is 2.15. The van der Waals surface area contributed by atoms with Gasteiger partial charge in [-0.05, 0) is 31.0 Å². The predicted molar refractivity (Wildman–Crippen MR) is 80.4 cm³/mol. The maximum atomic E-state index is 5.95. The van der Waals surface area contributed by atoms with Crippen LogP contribution >= 0.6 is 11.6 Å². The fourth-order valence-corrected chi connectivity index (χ4v) is 2.59. The average molecular weight is 290 g/mol. The highest BCUT2D eigenvalue weighted by Crippen LogP contribution is 2.22. The molecule has 5 nitrogen and oxygen atoms in total. The highest BCUT2D eigenvalue weighted by atomic mass is 35.5. The van der Waals surface area contributed by atoms with Gasteiger partial charge in [-0.3, -0.25) is 0 Å². The number of hydrogen-bond donors (Lipinski definition) is 2. The van der Waals surface area contributed by atoms with Crippen LogP contribution in [0.2, 0.25) is 5.02 Å². The highest BCUT2D eigenvalue weighted by molar-refractivity contribution is 6.30. The molecule has 1 saturated carbocycles. The second kappa shape index (κ2) is 6.05. The Bertz CT molecular complexity index is 583. The molecule has 0 spiro atoms. The first kappa shape index (κ1) is 13.1. The predicted octanol–water partition coefficient (Wildman–Crippen LogP) is 3.62. The van der Waals surface area contributed by atoms with Crippen LogP contribution in [0.1, 0.15) is 25.7 Å². The Morgan fingerprint density at radius 1 is 1.20 bits per heavy atom. The third-order valence-electron chi connectivity index (χ3n) is 3.35. The zero-order valence-corrected chi connectivity index (χ0v) is 11.8. The minimum absolute atomic E-state index is 0.468. The molecule has 2 aromatic rings. The zero-order chi connectivity index (χ0) is 13.8. The van der Waals surface area contributed by atoms with Crippen molar-refractivity contribution in [1.82, 2.24) is 15.2 Å². The first-order valence-corrected chi connectivity index (χ1v) is 7.16. The number of benzene rings is 1. The van der Waals surface area contributed by atoms with Crippen LogP contribution in [0, 0.1) is 0 Å². The van der Waals surface area contributed by atoms with E-state index in [2.05, 4.69) is 25.8 Å². The van der Waals surface area contributed by atoms with E-state index in [0.29, 0.717) is 17.0 Å². The first-order chi connectivity index (χ1) is 9.79. The number of anilines is 3. The van der Waals surface area contributed by atoms with Gasteiger partial charge in [0.2, 0.25) is 5.95 Å². The Labute approximate surface area is 122 Å². The largest absolute Gasteiger partial charge is 0.366 e. The van der Waals surface area contributed by atoms with Crippen LogP contribution in [0.15, 0.2) is 30.5 Å². The van der Waals surface area contributed by atoms with Gasteiger partial charge >= 0.3 is 0 Å². The number of aromatic nitrogens is 3. The quantitative estimate of drug-likeness (QED) is 0.900. The lowest BCUT2D eigenvalue weighted by Crippen LogP contribution is -2.16. The third kappa shape index (κ3) is 3.36. The Morgan fingerprint density at radius 3 is 2.85 bits per heavy atom. The second-order valence-corrected chi connectivity index (χ2v) is 5.36. The summed E-state index contributed by atoms with van der Waals surface area (Å²) in [7, 11) is 0. The van der Waals surface area contributed by atoms with Crippen LogP contribution < -0.4 is 10.6 Å². The molecule has 1 aliphatic rings. The molecule has 0 saturated heterocycles. The maximum Gasteiger partial charge on any atom is 0.249 e. The summed E-state index contributed by atoms with van der Waals surface area (Å²) in [5.74, 6) is 1.23. The third-order valence-corrected chi connectivity index (χ3v) is 3.58. The Hall–Kier alpha value is -1.88. The van der Waals surface area contributed by atoms with E-state index in [4.69, 9.17) is 11.6 Å². The molecule has 0 bridgehead atoms. The van der Waals surface area contributed by atoms with Crippen molar-refractivity contribution < 1.29 is 0 Å². The Kier molecular flexibility index (Phi) is 3.97. The summed E-state index contributed by atoms with van der Waals surface area (Å²) in [4.78, 5) is 4.42. The number of nitrogens with zero attached hydrogens (tertiary/aromatic N) is 3. The SMILES string of the molecule is Clc1cccc(Nc2nncc(NC3CCCC3)n2)c1. The van der Waals surface area contributed by atoms with Gasteiger partial charge in [0.05, 0.1) is 6.20 Å². The van der Waals surface area contributed by atoms with E-state index in [-0.39, 0.29) is 0 Å². The normalized spacial score (nSPS) is 15.2. The molecule has 1 heterocycles. The van der Waals surface area contributed by atoms with E-state index in [0.717, 1.165) is 11.5 Å². The van der Waals surface area contributed by atoms with Gasteiger partial charge in [0.15, 0.2) is 5.82 Å². The van der Waals surface area contributed by atoms with Gasteiger partial charge in [-0.2, -0.15) is 10.1 Å². The maximum absolute atomic E-state index is 5.95. The van der Waals surface area contributed by atoms with Crippen molar-refractivity contribution in [3.05, 3.63) is 35.5 Å². The topological polar surface area (TPSA) is 62.7 Å². The van der Waals surface area contributed by atoms with Gasteiger partial charge in [0, 0.05) is 16.8 Å². The van der Waals surface area contributed by atoms with Gasteiger partial charge in [-0.25, -0.2) is 0 Å². The van der Waals surface area contributed by atoms with E-state index in [1.54, 1.807) is 6.20 Å². The fraction of sp³-hybridized carbons (Fsp3) is 0.357. The van der Waals surface area contributed by atoms with Crippen LogP contribution in [-0.4, -0.2) is 21.2 Å². The van der Waals surface area contributed by atoms with Crippen molar-refractivity contribution in [2.24, 2.45) is 0 Å². The van der Waals surface area contributed by atoms with Crippen LogP contribution in [-0.2, 0) is 0 Å². The standard InChI is InChI=1S/C14H16ClN5/c15-10-4-3-7-12(8-10)18-14-19-13(9-16-20-14)17-11-5-1-2-6-11/h3-4,7-9,11H,1-2,5-6H2,(H2,17,18,19,20). The molecule has 1 aliphatic carbocycles. The van der Waals surface area contributed by atoms with E-state index < -0.39 is 0 Å². The minimum Gasteiger partial charge on any atom is -0.366 e. The van der Waals surface area contributed by atoms with Crippen LogP contribution in [0.4, 0.5) is 17.5 Å². The number of hydrogen-bond acceptors (Lipinski definition) is 5. The molecule has 1 aromatic heterocycles. The molecule has 1 aromatic carbocycles. The summed E-state index contributed by atoms with van der Waals surface area (Å²) in [5.41, 5.74) is 0.845. The lowest BCUT2D eigenvalue weighted by molar-refractivity contribution is 0.747. The van der Waals surface area contributed by atoms with Gasteiger partial charge in [-0.1, -0.05) is 30.5 Å². The Morgan fingerprint density at radius 2 is 2.05 bits per heavy atom. The van der Waals surface area contributed by atoms with Gasteiger partial charge in [0.25, 0.3) is 0 Å². The van der Waals surface area contributed by atoms with Crippen LogP contribution in [0.3, 0.4) is 0 Å². The molecule has 0 atom stereocenters. The Balaban J connectivity index is 1.70. The van der Waals surface area contributed by atoms with Crippen molar-refractivity contribution in [1.29, 1.82) is 0 Å². The average Bonchev–Trinajstić information content (AvgIpc) is 2.92. The molecule has 6 heteroatoms. The van der Waals surface area contributed by atoms with Crippen molar-refractivity contribution >= 4 is 29.1 Å². The molecule has 2 N–H and O–H groups in total. The monoisotopic (exact) mass is 289 g/mol. The number of nitrogens with one attached hydrogen (secondary N) is 2. The molecule has 0 amide bonds. The van der Waals surface area contributed by atoms with Crippen molar-refractivity contribution in [3.63, 3.8) is 0 Å². The summed E-state index contributed by atoms with van der Waals surface area (Å²) < 4.78 is 0. The summed E-state index contributed by atoms with van der Waals surface area (Å²) >= 11 is 5.95. The smallest absolute Gasteiger partial charge is 0.249 e. The van der Waals surface area contributed by atoms with E-state index >= 15 is 0 Å². The van der Waals surface area contributed by atoms with E-state index in [1.807, 2.05) is 24.3 Å². The van der Waals surface area contributed by atoms with Crippen LogP contribution in [0.25, 0.3) is 0 Å². The number of rotatable bonds is 4. The molecule has 0 radical (unpaired) electrons. The van der Waals surface area contributed by atoms with E-state index in [1.165, 1.54) is 25.7 Å². The van der Waals surface area contributed by atoms with Crippen LogP contribution in [0.5, 0.6) is 0 Å². The molecule has 0 unspecified atom stereocenters. The molecular weight excluding hydrogens is 274 g/mol. The first-order valence-electron chi connectivity index (χ1n) is 6.78. The zero-order valence-electron chi connectivity index (χ0n) is 11.0. The molecule has 0 aliphatic heterocycles. The van der Waals surface area contributed by atoms with Crippen molar-refractivity contribution in [2.45, 2.75) is 31.7 Å².